The van der Waals surface area contributed by atoms with Crippen LogP contribution in [0.25, 0.3) is 11.2 Å². The number of anilines is 1. The number of fused-ring (bicyclic) bond motifs is 1. The predicted octanol–water partition coefficient (Wildman–Crippen LogP) is 3.55. The minimum Gasteiger partial charge on any atom is -0.496 e. The monoisotopic (exact) mass is 512 g/mol. The van der Waals surface area contributed by atoms with E-state index in [1.807, 2.05) is 13.8 Å². The molecule has 0 unspecified atom stereocenters. The van der Waals surface area contributed by atoms with Crippen molar-refractivity contribution in [2.45, 2.75) is 47.2 Å². The van der Waals surface area contributed by atoms with Crippen molar-refractivity contribution in [3.8, 4) is 5.75 Å². The summed E-state index contributed by atoms with van der Waals surface area (Å²) in [6.07, 6.45) is 2.20. The first-order chi connectivity index (χ1) is 16.2. The fourth-order valence-corrected chi connectivity index (χ4v) is 5.82. The first-order valence-electron chi connectivity index (χ1n) is 10.9. The number of nitrogens with zero attached hydrogens (tertiary/aromatic N) is 5. The van der Waals surface area contributed by atoms with Crippen LogP contribution in [0.1, 0.15) is 37.1 Å². The van der Waals surface area contributed by atoms with E-state index in [1.165, 1.54) is 9.13 Å². The van der Waals surface area contributed by atoms with Crippen LogP contribution in [0.2, 0.25) is 5.15 Å². The molecule has 0 fully saturated rings. The topological polar surface area (TPSA) is 136 Å². The van der Waals surface area contributed by atoms with E-state index in [1.54, 1.807) is 27.2 Å². The summed E-state index contributed by atoms with van der Waals surface area (Å²) >= 11 is 6.38. The van der Waals surface area contributed by atoms with Crippen molar-refractivity contribution in [3.05, 3.63) is 38.7 Å². The van der Waals surface area contributed by atoms with Gasteiger partial charge >= 0.3 is 13.3 Å². The molecule has 0 saturated heterocycles. The van der Waals surface area contributed by atoms with Gasteiger partial charge in [-0.3, -0.25) is 18.7 Å². The minimum atomic E-state index is -3.25. The van der Waals surface area contributed by atoms with Gasteiger partial charge in [0.15, 0.2) is 10.8 Å². The van der Waals surface area contributed by atoms with Gasteiger partial charge in [-0.25, -0.2) is 4.79 Å². The molecule has 0 saturated carbocycles. The van der Waals surface area contributed by atoms with E-state index in [2.05, 4.69) is 15.0 Å². The first kappa shape index (κ1) is 26.2. The van der Waals surface area contributed by atoms with Crippen LogP contribution in [-0.2, 0) is 26.7 Å². The highest BCUT2D eigenvalue weighted by Crippen LogP contribution is 2.48. The second-order valence-electron chi connectivity index (χ2n) is 7.63. The van der Waals surface area contributed by atoms with E-state index in [0.717, 1.165) is 11.1 Å². The molecule has 0 aliphatic heterocycles. The number of ether oxygens (including phenoxy) is 1. The predicted molar refractivity (Wildman–Crippen MR) is 131 cm³/mol. The summed E-state index contributed by atoms with van der Waals surface area (Å²) in [6, 6.07) is 0. The summed E-state index contributed by atoms with van der Waals surface area (Å²) in [7, 11) is -1.66. The lowest BCUT2D eigenvalue weighted by Crippen LogP contribution is -2.26. The van der Waals surface area contributed by atoms with Crippen molar-refractivity contribution in [2.24, 2.45) is 0 Å². The second-order valence-corrected chi connectivity index (χ2v) is 10.2. The Morgan fingerprint density at radius 1 is 1.15 bits per heavy atom. The summed E-state index contributed by atoms with van der Waals surface area (Å²) in [5.41, 5.74) is 8.46. The summed E-state index contributed by atoms with van der Waals surface area (Å²) in [4.78, 5) is 26.3. The van der Waals surface area contributed by atoms with Crippen LogP contribution in [-0.4, -0.2) is 50.6 Å². The molecule has 186 valence electrons. The first-order valence-corrected chi connectivity index (χ1v) is 13.1. The van der Waals surface area contributed by atoms with Gasteiger partial charge in [-0.1, -0.05) is 11.6 Å². The van der Waals surface area contributed by atoms with Crippen molar-refractivity contribution in [3.63, 3.8) is 0 Å². The number of hydrogen-bond acceptors (Lipinski definition) is 9. The third kappa shape index (κ3) is 5.27. The Bertz CT molecular complexity index is 1280. The largest absolute Gasteiger partial charge is 0.496 e. The average Bonchev–Trinajstić information content (AvgIpc) is 3.02. The fourth-order valence-electron chi connectivity index (χ4n) is 3.90. The lowest BCUT2D eigenvalue weighted by Gasteiger charge is -2.16. The molecule has 0 spiro atoms. The second kappa shape index (κ2) is 10.9. The molecule has 0 aliphatic carbocycles. The number of aryl methyl sites for hydroxylation is 2. The Hall–Kier alpha value is -2.46. The highest BCUT2D eigenvalue weighted by Gasteiger charge is 2.25. The molecule has 0 radical (unpaired) electrons. The van der Waals surface area contributed by atoms with Gasteiger partial charge in [-0.05, 0) is 34.1 Å². The number of halogens is 1. The smallest absolute Gasteiger partial charge is 0.330 e. The minimum absolute atomic E-state index is 0.0493. The Morgan fingerprint density at radius 3 is 2.44 bits per heavy atom. The quantitative estimate of drug-likeness (QED) is 0.302. The van der Waals surface area contributed by atoms with Gasteiger partial charge in [0.2, 0.25) is 5.95 Å². The maximum atomic E-state index is 13.5. The van der Waals surface area contributed by atoms with Crippen molar-refractivity contribution in [1.29, 1.82) is 0 Å². The highest BCUT2D eigenvalue weighted by atomic mass is 35.5. The van der Waals surface area contributed by atoms with E-state index in [0.29, 0.717) is 29.0 Å². The Morgan fingerprint density at radius 2 is 1.82 bits per heavy atom. The van der Waals surface area contributed by atoms with Gasteiger partial charge in [0.05, 0.1) is 38.7 Å². The molecule has 13 heteroatoms. The number of aromatic nitrogens is 5. The standard InChI is InChI=1S/C21H30ClN6O5P/c1-6-32-34(30,33-7-2)10-8-9-27-16-18(22)25-20(23)26-19(16)28(21(27)29)12-15-14(4)17(31-5)13(3)11-24-15/h11H,6-10,12H2,1-5H3,(H2,23,25,26). The molecule has 3 aromatic heterocycles. The van der Waals surface area contributed by atoms with E-state index < -0.39 is 7.60 Å². The fraction of sp³-hybridized carbons (Fsp3) is 0.524. The molecule has 0 bridgehead atoms. The molecule has 2 N–H and O–H groups in total. The van der Waals surface area contributed by atoms with Gasteiger partial charge in [-0.15, -0.1) is 0 Å². The van der Waals surface area contributed by atoms with Crippen LogP contribution in [0.5, 0.6) is 5.75 Å². The lowest BCUT2D eigenvalue weighted by atomic mass is 10.1. The third-order valence-electron chi connectivity index (χ3n) is 5.35. The number of hydrogen-bond donors (Lipinski definition) is 1. The van der Waals surface area contributed by atoms with Crippen LogP contribution in [0.3, 0.4) is 0 Å². The SMILES string of the molecule is CCOP(=O)(CCCn1c(=O)n(Cc2ncc(C)c(OC)c2C)c2nc(N)nc(Cl)c21)OCC. The van der Waals surface area contributed by atoms with Crippen molar-refractivity contribution in [1.82, 2.24) is 24.1 Å². The summed E-state index contributed by atoms with van der Waals surface area (Å²) < 4.78 is 31.9. The zero-order chi connectivity index (χ0) is 25.0. The number of pyridine rings is 1. The van der Waals surface area contributed by atoms with Gasteiger partial charge in [0, 0.05) is 23.9 Å². The molecular weight excluding hydrogens is 483 g/mol. The molecule has 0 aliphatic rings. The number of imidazole rings is 1. The van der Waals surface area contributed by atoms with E-state index in [4.69, 9.17) is 31.1 Å². The molecule has 11 nitrogen and oxygen atoms in total. The lowest BCUT2D eigenvalue weighted by molar-refractivity contribution is 0.219. The maximum Gasteiger partial charge on any atom is 0.330 e. The van der Waals surface area contributed by atoms with Crippen molar-refractivity contribution < 1.29 is 18.3 Å². The van der Waals surface area contributed by atoms with Crippen LogP contribution in [0.4, 0.5) is 5.95 Å². The summed E-state index contributed by atoms with van der Waals surface area (Å²) in [5.74, 6) is 0.656. The number of nitrogen functional groups attached to an aromatic ring is 1. The normalized spacial score (nSPS) is 11.9. The number of methoxy groups -OCH3 is 1. The van der Waals surface area contributed by atoms with E-state index in [9.17, 15) is 9.36 Å². The molecule has 0 amide bonds. The zero-order valence-corrected chi connectivity index (χ0v) is 21.7. The number of nitrogens with two attached hydrogens (primary N) is 1. The van der Waals surface area contributed by atoms with Crippen LogP contribution in [0.15, 0.2) is 11.0 Å². The molecule has 0 atom stereocenters. The Labute approximate surface area is 202 Å². The summed E-state index contributed by atoms with van der Waals surface area (Å²) in [5, 5.41) is 0.0577. The molecule has 34 heavy (non-hydrogen) atoms. The number of rotatable bonds is 11. The molecule has 0 aromatic carbocycles. The average molecular weight is 513 g/mol. The molecule has 3 rings (SSSR count). The zero-order valence-electron chi connectivity index (χ0n) is 20.0. The molecular formula is C21H30ClN6O5P. The van der Waals surface area contributed by atoms with Crippen LogP contribution >= 0.6 is 19.2 Å². The third-order valence-corrected chi connectivity index (χ3v) is 7.78. The van der Waals surface area contributed by atoms with Gasteiger partial charge in [-0.2, -0.15) is 9.97 Å². The summed E-state index contributed by atoms with van der Waals surface area (Å²) in [6.45, 7) is 8.16. The van der Waals surface area contributed by atoms with Gasteiger partial charge in [0.1, 0.15) is 11.3 Å². The molecule has 3 heterocycles. The van der Waals surface area contributed by atoms with Crippen molar-refractivity contribution >= 4 is 36.3 Å². The Balaban J connectivity index is 2.02. The highest BCUT2D eigenvalue weighted by molar-refractivity contribution is 7.53. The van der Waals surface area contributed by atoms with Gasteiger partial charge < -0.3 is 19.5 Å². The van der Waals surface area contributed by atoms with Gasteiger partial charge in [0.25, 0.3) is 0 Å². The van der Waals surface area contributed by atoms with E-state index >= 15 is 0 Å². The van der Waals surface area contributed by atoms with Crippen LogP contribution < -0.4 is 16.2 Å². The van der Waals surface area contributed by atoms with E-state index in [-0.39, 0.29) is 49.3 Å². The maximum absolute atomic E-state index is 13.5. The Kier molecular flexibility index (Phi) is 8.35. The molecule has 3 aromatic rings. The van der Waals surface area contributed by atoms with Crippen molar-refractivity contribution in [2.75, 3.05) is 32.2 Å². The van der Waals surface area contributed by atoms with Crippen LogP contribution in [0, 0.1) is 13.8 Å².